The number of benzene rings is 2. The average Bonchev–Trinajstić information content (AvgIpc) is 3.47. The highest BCUT2D eigenvalue weighted by Gasteiger charge is 2.44. The largest absolute Gasteiger partial charge is 0.494 e. The smallest absolute Gasteiger partial charge is 0.280 e. The van der Waals surface area contributed by atoms with Crippen LogP contribution in [0.3, 0.4) is 0 Å². The molecule has 6 rings (SSSR count). The number of amides is 1. The molecular weight excluding hydrogens is 414 g/mol. The van der Waals surface area contributed by atoms with Gasteiger partial charge in [0.2, 0.25) is 0 Å². The Morgan fingerprint density at radius 2 is 1.97 bits per heavy atom. The van der Waals surface area contributed by atoms with Gasteiger partial charge in [-0.15, -0.1) is 0 Å². The van der Waals surface area contributed by atoms with Gasteiger partial charge in [-0.2, -0.15) is 5.10 Å². The molecule has 7 nitrogen and oxygen atoms in total. The van der Waals surface area contributed by atoms with Crippen LogP contribution < -0.4 is 9.64 Å². The summed E-state index contributed by atoms with van der Waals surface area (Å²) in [4.78, 5) is 23.1. The molecule has 4 aromatic rings. The fourth-order valence-electron chi connectivity index (χ4n) is 4.99. The molecule has 1 aliphatic heterocycles. The van der Waals surface area contributed by atoms with Crippen LogP contribution >= 0.6 is 0 Å². The molecular formula is C26H27N5O2. The van der Waals surface area contributed by atoms with Crippen molar-refractivity contribution < 1.29 is 9.53 Å². The molecule has 2 aromatic heterocycles. The van der Waals surface area contributed by atoms with Crippen LogP contribution in [0.25, 0.3) is 11.0 Å². The molecule has 1 atom stereocenters. The number of hydrogen-bond acceptors (Lipinski definition) is 4. The van der Waals surface area contributed by atoms with Crippen LogP contribution in [0, 0.1) is 6.92 Å². The van der Waals surface area contributed by atoms with E-state index < -0.39 is 0 Å². The maximum atomic E-state index is 13.8. The standard InChI is InChI=1S/C26H27N5O2/c1-3-13-33-20-10-7-17(8-11-20)25-23-16(2)31(18-5-4-6-18)29-24(23)26(32)30(25)19-9-12-21-22(14-19)28-15-27-21/h7-12,14-15,18,25H,3-6,13H2,1-2H3,(H,27,28). The number of rotatable bonds is 6. The number of hydrogen-bond donors (Lipinski definition) is 1. The van der Waals surface area contributed by atoms with Gasteiger partial charge in [0, 0.05) is 16.9 Å². The van der Waals surface area contributed by atoms with Crippen molar-refractivity contribution in [3.05, 3.63) is 71.3 Å². The summed E-state index contributed by atoms with van der Waals surface area (Å²) >= 11 is 0. The molecule has 0 radical (unpaired) electrons. The van der Waals surface area contributed by atoms with Gasteiger partial charge in [-0.05, 0) is 68.5 Å². The molecule has 1 amide bonds. The molecule has 0 spiro atoms. The van der Waals surface area contributed by atoms with E-state index in [1.165, 1.54) is 6.42 Å². The average molecular weight is 442 g/mol. The lowest BCUT2D eigenvalue weighted by Gasteiger charge is -2.30. The molecule has 1 N–H and O–H groups in total. The van der Waals surface area contributed by atoms with E-state index in [0.29, 0.717) is 18.3 Å². The van der Waals surface area contributed by atoms with E-state index in [2.05, 4.69) is 40.6 Å². The lowest BCUT2D eigenvalue weighted by Crippen LogP contribution is -2.30. The number of nitrogens with zero attached hydrogens (tertiary/aromatic N) is 4. The van der Waals surface area contributed by atoms with Gasteiger partial charge in [-0.1, -0.05) is 19.1 Å². The highest BCUT2D eigenvalue weighted by molar-refractivity contribution is 6.11. The summed E-state index contributed by atoms with van der Waals surface area (Å²) in [5.41, 5.74) is 6.34. The number of carbonyl (C=O) groups is 1. The summed E-state index contributed by atoms with van der Waals surface area (Å²) in [5.74, 6) is 0.791. The van der Waals surface area contributed by atoms with Crippen molar-refractivity contribution in [1.82, 2.24) is 19.7 Å². The molecule has 0 bridgehead atoms. The third-order valence-corrected chi connectivity index (χ3v) is 6.92. The molecule has 168 valence electrons. The first-order valence-corrected chi connectivity index (χ1v) is 11.7. The normalized spacial score (nSPS) is 18.1. The number of aromatic nitrogens is 4. The minimum absolute atomic E-state index is 0.0543. The number of ether oxygens (including phenoxy) is 1. The van der Waals surface area contributed by atoms with Gasteiger partial charge in [0.05, 0.1) is 36.1 Å². The maximum absolute atomic E-state index is 13.8. The topological polar surface area (TPSA) is 76.0 Å². The van der Waals surface area contributed by atoms with Crippen LogP contribution in [0.1, 0.15) is 72.0 Å². The highest BCUT2D eigenvalue weighted by atomic mass is 16.5. The van der Waals surface area contributed by atoms with Crippen molar-refractivity contribution in [2.24, 2.45) is 0 Å². The molecule has 2 aliphatic rings. The molecule has 0 saturated heterocycles. The first kappa shape index (κ1) is 20.0. The summed E-state index contributed by atoms with van der Waals surface area (Å²) in [7, 11) is 0. The summed E-state index contributed by atoms with van der Waals surface area (Å²) < 4.78 is 7.88. The zero-order chi connectivity index (χ0) is 22.5. The fourth-order valence-corrected chi connectivity index (χ4v) is 4.99. The van der Waals surface area contributed by atoms with E-state index in [0.717, 1.165) is 58.6 Å². The third kappa shape index (κ3) is 3.14. The first-order valence-electron chi connectivity index (χ1n) is 11.7. The Morgan fingerprint density at radius 3 is 2.70 bits per heavy atom. The number of fused-ring (bicyclic) bond motifs is 2. The molecule has 3 heterocycles. The van der Waals surface area contributed by atoms with Gasteiger partial charge in [0.25, 0.3) is 5.91 Å². The van der Waals surface area contributed by atoms with E-state index in [1.807, 2.05) is 35.2 Å². The molecule has 7 heteroatoms. The Balaban J connectivity index is 1.47. The predicted octanol–water partition coefficient (Wildman–Crippen LogP) is 5.33. The van der Waals surface area contributed by atoms with E-state index in [4.69, 9.17) is 9.84 Å². The Bertz CT molecular complexity index is 1330. The van der Waals surface area contributed by atoms with Gasteiger partial charge in [0.1, 0.15) is 5.75 Å². The van der Waals surface area contributed by atoms with E-state index in [-0.39, 0.29) is 11.9 Å². The van der Waals surface area contributed by atoms with Crippen LogP contribution in [-0.2, 0) is 0 Å². The van der Waals surface area contributed by atoms with E-state index in [9.17, 15) is 4.79 Å². The summed E-state index contributed by atoms with van der Waals surface area (Å²) in [6.07, 6.45) is 6.12. The second kappa shape index (κ2) is 7.76. The number of H-pyrrole nitrogens is 1. The van der Waals surface area contributed by atoms with E-state index >= 15 is 0 Å². The number of nitrogens with one attached hydrogen (secondary N) is 1. The SMILES string of the molecule is CCCOc1ccc(C2c3c(nn(C4CCC4)c3C)C(=O)N2c2ccc3nc[nH]c3c2)cc1. The van der Waals surface area contributed by atoms with Crippen molar-refractivity contribution >= 4 is 22.6 Å². The second-order valence-electron chi connectivity index (χ2n) is 8.98. The molecule has 1 aliphatic carbocycles. The Hall–Kier alpha value is -3.61. The Kier molecular flexibility index (Phi) is 4.71. The van der Waals surface area contributed by atoms with Crippen molar-refractivity contribution in [2.75, 3.05) is 11.5 Å². The molecule has 33 heavy (non-hydrogen) atoms. The first-order chi connectivity index (χ1) is 16.2. The van der Waals surface area contributed by atoms with Crippen molar-refractivity contribution in [3.8, 4) is 5.75 Å². The number of aromatic amines is 1. The van der Waals surface area contributed by atoms with Crippen LogP contribution in [-0.4, -0.2) is 32.3 Å². The van der Waals surface area contributed by atoms with Gasteiger partial charge in [-0.25, -0.2) is 4.98 Å². The van der Waals surface area contributed by atoms with Gasteiger partial charge < -0.3 is 9.72 Å². The van der Waals surface area contributed by atoms with Crippen molar-refractivity contribution in [3.63, 3.8) is 0 Å². The second-order valence-corrected chi connectivity index (χ2v) is 8.98. The van der Waals surface area contributed by atoms with E-state index in [1.54, 1.807) is 6.33 Å². The zero-order valence-corrected chi connectivity index (χ0v) is 18.9. The van der Waals surface area contributed by atoms with Crippen LogP contribution in [0.5, 0.6) is 5.75 Å². The Labute approximate surface area is 192 Å². The zero-order valence-electron chi connectivity index (χ0n) is 18.9. The number of carbonyl (C=O) groups excluding carboxylic acids is 1. The predicted molar refractivity (Wildman–Crippen MR) is 127 cm³/mol. The van der Waals surface area contributed by atoms with Crippen LogP contribution in [0.2, 0.25) is 0 Å². The monoisotopic (exact) mass is 441 g/mol. The molecule has 1 saturated carbocycles. The minimum atomic E-state index is -0.234. The maximum Gasteiger partial charge on any atom is 0.280 e. The number of anilines is 1. The fraction of sp³-hybridized carbons (Fsp3) is 0.346. The Morgan fingerprint density at radius 1 is 1.15 bits per heavy atom. The van der Waals surface area contributed by atoms with Gasteiger partial charge in [-0.3, -0.25) is 14.4 Å². The third-order valence-electron chi connectivity index (χ3n) is 6.92. The van der Waals surface area contributed by atoms with Crippen molar-refractivity contribution in [2.45, 2.75) is 51.6 Å². The highest BCUT2D eigenvalue weighted by Crippen LogP contribution is 2.45. The number of imidazole rings is 1. The van der Waals surface area contributed by atoms with Crippen LogP contribution in [0.15, 0.2) is 48.8 Å². The summed E-state index contributed by atoms with van der Waals surface area (Å²) in [5, 5.41) is 4.84. The lowest BCUT2D eigenvalue weighted by molar-refractivity contribution is 0.0986. The van der Waals surface area contributed by atoms with Gasteiger partial charge >= 0.3 is 0 Å². The van der Waals surface area contributed by atoms with Crippen molar-refractivity contribution in [1.29, 1.82) is 0 Å². The minimum Gasteiger partial charge on any atom is -0.494 e. The van der Waals surface area contributed by atoms with Gasteiger partial charge in [0.15, 0.2) is 5.69 Å². The summed E-state index contributed by atoms with van der Waals surface area (Å²) in [6, 6.07) is 14.2. The quantitative estimate of drug-likeness (QED) is 0.439. The molecule has 1 unspecified atom stereocenters. The molecule has 2 aromatic carbocycles. The van der Waals surface area contributed by atoms with Crippen LogP contribution in [0.4, 0.5) is 5.69 Å². The lowest BCUT2D eigenvalue weighted by atomic mass is 9.92. The summed E-state index contributed by atoms with van der Waals surface area (Å²) in [6.45, 7) is 4.89. The molecule has 1 fully saturated rings.